The summed E-state index contributed by atoms with van der Waals surface area (Å²) in [4.78, 5) is 10.3. The molecular weight excluding hydrogens is 350 g/mol. The molecule has 0 aromatic carbocycles. The minimum Gasteiger partial charge on any atom is -0.474 e. The number of ether oxygens (including phenoxy) is 2. The highest BCUT2D eigenvalue weighted by molar-refractivity contribution is 5.76. The van der Waals surface area contributed by atoms with Crippen LogP contribution in [0.1, 0.15) is 56.1 Å². The molecule has 0 saturated heterocycles. The molecule has 3 aliphatic carbocycles. The van der Waals surface area contributed by atoms with Gasteiger partial charge in [-0.25, -0.2) is 4.98 Å². The first-order valence-electron chi connectivity index (χ1n) is 10.7. The summed E-state index contributed by atoms with van der Waals surface area (Å²) in [7, 11) is 4.35. The van der Waals surface area contributed by atoms with Crippen molar-refractivity contribution in [2.24, 2.45) is 0 Å². The zero-order valence-electron chi connectivity index (χ0n) is 17.4. The topological polar surface area (TPSA) is 50.4 Å². The van der Waals surface area contributed by atoms with Crippen LogP contribution in [0, 0.1) is 0 Å². The summed E-state index contributed by atoms with van der Waals surface area (Å²) >= 11 is 0. The van der Waals surface area contributed by atoms with E-state index in [0.717, 1.165) is 43.9 Å². The molecule has 0 bridgehead atoms. The van der Waals surface area contributed by atoms with Crippen LogP contribution in [0.3, 0.4) is 0 Å². The van der Waals surface area contributed by atoms with E-state index in [1.807, 2.05) is 13.0 Å². The molecule has 0 spiro atoms. The standard InChI is InChI=1S/C23H33N3O2/c1-4-5-12-27-14-17-7-6-16-13-20-22(21(16)17)23(25-15-24-20)28-19-10-8-18(9-11-19)26(2)3/h4-5,13,15,17-19H,6-12,14H2,1-3H3,(H,24,25)/t17-,18?,19?/m1/s1. The maximum atomic E-state index is 6.47. The van der Waals surface area contributed by atoms with Gasteiger partial charge in [-0.1, -0.05) is 12.2 Å². The molecule has 0 aromatic rings. The van der Waals surface area contributed by atoms with Crippen LogP contribution >= 0.6 is 0 Å². The average molecular weight is 384 g/mol. The number of nitrogens with one attached hydrogen (secondary N) is 1. The van der Waals surface area contributed by atoms with Crippen molar-refractivity contribution in [3.63, 3.8) is 0 Å². The highest BCUT2D eigenvalue weighted by Crippen LogP contribution is 2.47. The van der Waals surface area contributed by atoms with Crippen molar-refractivity contribution in [1.29, 1.82) is 0 Å². The van der Waals surface area contributed by atoms with Crippen LogP contribution < -0.4 is 4.74 Å². The van der Waals surface area contributed by atoms with Gasteiger partial charge in [0.15, 0.2) is 0 Å². The van der Waals surface area contributed by atoms with E-state index < -0.39 is 0 Å². The van der Waals surface area contributed by atoms with Gasteiger partial charge in [-0.3, -0.25) is 0 Å². The van der Waals surface area contributed by atoms with Gasteiger partial charge < -0.3 is 19.4 Å². The number of allylic oxidation sites excluding steroid dienone is 1. The Morgan fingerprint density at radius 3 is 2.79 bits per heavy atom. The second-order valence-electron chi connectivity index (χ2n) is 8.43. The van der Waals surface area contributed by atoms with E-state index in [1.54, 1.807) is 6.33 Å². The molecule has 1 heterocycles. The summed E-state index contributed by atoms with van der Waals surface area (Å²) in [5.41, 5.74) is 5.16. The molecule has 1 fully saturated rings. The third-order valence-corrected chi connectivity index (χ3v) is 6.41. The number of hydrogen-bond donors (Lipinski definition) is 1. The van der Waals surface area contributed by atoms with Gasteiger partial charge in [-0.05, 0) is 76.7 Å². The monoisotopic (exact) mass is 383 g/mol. The summed E-state index contributed by atoms with van der Waals surface area (Å²) in [5, 5.41) is 0. The normalized spacial score (nSPS) is 25.1. The van der Waals surface area contributed by atoms with Crippen LogP contribution in [0.2, 0.25) is 0 Å². The number of fused-ring (bicyclic) bond motifs is 3. The third kappa shape index (κ3) is 3.96. The number of rotatable bonds is 7. The van der Waals surface area contributed by atoms with E-state index in [9.17, 15) is 0 Å². The lowest BCUT2D eigenvalue weighted by Crippen LogP contribution is -2.35. The van der Waals surface area contributed by atoms with Gasteiger partial charge in [0, 0.05) is 12.0 Å². The van der Waals surface area contributed by atoms with Crippen LogP contribution in [0.15, 0.2) is 24.5 Å². The molecule has 28 heavy (non-hydrogen) atoms. The maximum absolute atomic E-state index is 6.47. The van der Waals surface area contributed by atoms with Crippen LogP contribution in [0.4, 0.5) is 0 Å². The Bertz CT molecular complexity index is 774. The molecule has 1 atom stereocenters. The summed E-state index contributed by atoms with van der Waals surface area (Å²) in [6, 6.07) is 2.97. The van der Waals surface area contributed by atoms with E-state index in [0.29, 0.717) is 18.6 Å². The Morgan fingerprint density at radius 2 is 2.04 bits per heavy atom. The first-order valence-corrected chi connectivity index (χ1v) is 10.7. The third-order valence-electron chi connectivity index (χ3n) is 6.41. The van der Waals surface area contributed by atoms with E-state index in [-0.39, 0.29) is 6.10 Å². The van der Waals surface area contributed by atoms with Crippen molar-refractivity contribution < 1.29 is 9.47 Å². The fraction of sp³-hybridized carbons (Fsp3) is 0.609. The minimum atomic E-state index is 0.269. The van der Waals surface area contributed by atoms with Gasteiger partial charge in [-0.2, -0.15) is 0 Å². The summed E-state index contributed by atoms with van der Waals surface area (Å²) in [6.45, 7) is 3.47. The molecule has 4 aliphatic rings. The lowest BCUT2D eigenvalue weighted by atomic mass is 9.92. The number of nitrogens with zero attached hydrogens (tertiary/aromatic N) is 2. The molecule has 0 unspecified atom stereocenters. The predicted octanol–water partition coefficient (Wildman–Crippen LogP) is 4.39. The molecule has 1 aliphatic heterocycles. The molecule has 1 N–H and O–H groups in total. The van der Waals surface area contributed by atoms with Crippen molar-refractivity contribution in [3.8, 4) is 17.1 Å². The Morgan fingerprint density at radius 1 is 1.21 bits per heavy atom. The van der Waals surface area contributed by atoms with E-state index in [4.69, 9.17) is 9.47 Å². The van der Waals surface area contributed by atoms with E-state index in [2.05, 4.69) is 41.1 Å². The first-order chi connectivity index (χ1) is 13.7. The number of aryl methyl sites for hydroxylation is 1. The second kappa shape index (κ2) is 8.66. The molecule has 4 rings (SSSR count). The van der Waals surface area contributed by atoms with Crippen LogP contribution in [0.5, 0.6) is 5.88 Å². The van der Waals surface area contributed by atoms with Crippen molar-refractivity contribution in [2.45, 2.75) is 63.5 Å². The fourth-order valence-corrected chi connectivity index (χ4v) is 4.81. The van der Waals surface area contributed by atoms with Gasteiger partial charge >= 0.3 is 0 Å². The van der Waals surface area contributed by atoms with Crippen molar-refractivity contribution in [3.05, 3.63) is 35.7 Å². The van der Waals surface area contributed by atoms with Gasteiger partial charge in [0.1, 0.15) is 6.10 Å². The summed E-state index contributed by atoms with van der Waals surface area (Å²) < 4.78 is 12.4. The zero-order valence-corrected chi connectivity index (χ0v) is 17.4. The molecule has 0 aromatic heterocycles. The lowest BCUT2D eigenvalue weighted by molar-refractivity contribution is 0.107. The molecule has 0 amide bonds. The Balaban J connectivity index is 1.51. The average Bonchev–Trinajstić information content (AvgIpc) is 3.25. The van der Waals surface area contributed by atoms with Crippen molar-refractivity contribution >= 4 is 0 Å². The molecule has 1 saturated carbocycles. The number of aromatic amines is 1. The summed E-state index contributed by atoms with van der Waals surface area (Å²) in [6.07, 6.45) is 13.0. The number of hydrogen-bond acceptors (Lipinski definition) is 4. The van der Waals surface area contributed by atoms with Gasteiger partial charge in [0.05, 0.1) is 30.8 Å². The van der Waals surface area contributed by atoms with Crippen LogP contribution in [-0.4, -0.2) is 54.3 Å². The number of aromatic nitrogens is 2. The van der Waals surface area contributed by atoms with E-state index >= 15 is 0 Å². The highest BCUT2D eigenvalue weighted by atomic mass is 16.5. The zero-order chi connectivity index (χ0) is 19.5. The molecule has 0 radical (unpaired) electrons. The van der Waals surface area contributed by atoms with Gasteiger partial charge in [0.2, 0.25) is 5.88 Å². The Hall–Kier alpha value is -1.85. The molecule has 5 heteroatoms. The lowest BCUT2D eigenvalue weighted by Gasteiger charge is -2.32. The second-order valence-corrected chi connectivity index (χ2v) is 8.43. The largest absolute Gasteiger partial charge is 0.474 e. The Labute approximate surface area is 168 Å². The highest BCUT2D eigenvalue weighted by Gasteiger charge is 2.33. The number of H-pyrrole nitrogens is 1. The first kappa shape index (κ1) is 19.5. The SMILES string of the molecule is CC=CCOC[C@H]1CCc2cc3[nH]cnc(OC4CCC(N(C)C)CC4)c-3c21. The van der Waals surface area contributed by atoms with Crippen molar-refractivity contribution in [2.75, 3.05) is 27.3 Å². The molecular formula is C23H33N3O2. The molecule has 5 nitrogen and oxygen atoms in total. The smallest absolute Gasteiger partial charge is 0.224 e. The van der Waals surface area contributed by atoms with Crippen LogP contribution in [0.25, 0.3) is 11.3 Å². The Kier molecular flexibility index (Phi) is 6.02. The summed E-state index contributed by atoms with van der Waals surface area (Å²) in [5.74, 6) is 1.24. The maximum Gasteiger partial charge on any atom is 0.224 e. The predicted molar refractivity (Wildman–Crippen MR) is 112 cm³/mol. The minimum absolute atomic E-state index is 0.269. The van der Waals surface area contributed by atoms with Crippen molar-refractivity contribution in [1.82, 2.24) is 14.9 Å². The fourth-order valence-electron chi connectivity index (χ4n) is 4.81. The quantitative estimate of drug-likeness (QED) is 0.569. The van der Waals surface area contributed by atoms with Gasteiger partial charge in [-0.15, -0.1) is 0 Å². The van der Waals surface area contributed by atoms with Gasteiger partial charge in [0.25, 0.3) is 0 Å². The van der Waals surface area contributed by atoms with Crippen LogP contribution in [-0.2, 0) is 11.2 Å². The van der Waals surface area contributed by atoms with E-state index in [1.165, 1.54) is 29.5 Å². The molecule has 152 valence electrons.